The van der Waals surface area contributed by atoms with E-state index in [1.807, 2.05) is 18.2 Å². The molecule has 4 aromatic rings. The van der Waals surface area contributed by atoms with E-state index in [2.05, 4.69) is 15.3 Å². The number of ether oxygens (including phenoxy) is 1. The van der Waals surface area contributed by atoms with Crippen molar-refractivity contribution in [2.45, 2.75) is 25.3 Å². The van der Waals surface area contributed by atoms with Crippen LogP contribution in [-0.4, -0.2) is 56.0 Å². The first kappa shape index (κ1) is 22.1. The number of fused-ring (bicyclic) bond motifs is 1. The summed E-state index contributed by atoms with van der Waals surface area (Å²) in [5, 5.41) is 8.75. The van der Waals surface area contributed by atoms with Gasteiger partial charge in [-0.2, -0.15) is 0 Å². The molecule has 0 aliphatic carbocycles. The first-order valence-corrected chi connectivity index (χ1v) is 11.4. The molecular formula is C24H23ClN6O3. The van der Waals surface area contributed by atoms with Crippen molar-refractivity contribution in [1.82, 2.24) is 29.9 Å². The molecule has 1 aliphatic rings. The van der Waals surface area contributed by atoms with E-state index in [1.54, 1.807) is 47.0 Å². The Hall–Kier alpha value is -3.72. The Labute approximate surface area is 200 Å². The summed E-state index contributed by atoms with van der Waals surface area (Å²) in [5.41, 5.74) is 1.69. The molecule has 1 N–H and O–H groups in total. The van der Waals surface area contributed by atoms with Gasteiger partial charge in [-0.25, -0.2) is 9.67 Å². The molecule has 34 heavy (non-hydrogen) atoms. The lowest BCUT2D eigenvalue weighted by atomic mass is 9.96. The number of methoxy groups -OCH3 is 1. The van der Waals surface area contributed by atoms with Crippen molar-refractivity contribution in [2.24, 2.45) is 0 Å². The Morgan fingerprint density at radius 1 is 1.21 bits per heavy atom. The number of aromatic amines is 1. The van der Waals surface area contributed by atoms with Crippen LogP contribution in [0.15, 0.2) is 53.3 Å². The van der Waals surface area contributed by atoms with Crippen LogP contribution in [0, 0.1) is 0 Å². The van der Waals surface area contributed by atoms with E-state index >= 15 is 0 Å². The molecule has 1 fully saturated rings. The number of aromatic nitrogens is 5. The highest BCUT2D eigenvalue weighted by molar-refractivity contribution is 6.31. The van der Waals surface area contributed by atoms with E-state index < -0.39 is 0 Å². The predicted molar refractivity (Wildman–Crippen MR) is 127 cm³/mol. The third-order valence-electron chi connectivity index (χ3n) is 6.10. The number of nitrogens with one attached hydrogen (secondary N) is 1. The Kier molecular flexibility index (Phi) is 6.02. The molecule has 1 atom stereocenters. The molecule has 0 radical (unpaired) electrons. The van der Waals surface area contributed by atoms with Gasteiger partial charge >= 0.3 is 0 Å². The summed E-state index contributed by atoms with van der Waals surface area (Å²) in [6.45, 7) is 1.46. The van der Waals surface area contributed by atoms with E-state index in [9.17, 15) is 9.59 Å². The number of likely N-dealkylation sites (tertiary alicyclic amines) is 1. The van der Waals surface area contributed by atoms with Crippen molar-refractivity contribution in [3.05, 3.63) is 80.9 Å². The third-order valence-corrected chi connectivity index (χ3v) is 6.47. The van der Waals surface area contributed by atoms with Gasteiger partial charge in [-0.3, -0.25) is 9.59 Å². The van der Waals surface area contributed by atoms with Crippen LogP contribution in [-0.2, 0) is 6.54 Å². The van der Waals surface area contributed by atoms with Gasteiger partial charge in [-0.15, -0.1) is 5.10 Å². The molecule has 3 heterocycles. The van der Waals surface area contributed by atoms with Crippen molar-refractivity contribution in [1.29, 1.82) is 0 Å². The molecule has 0 spiro atoms. The summed E-state index contributed by atoms with van der Waals surface area (Å²) in [6, 6.07) is 14.5. The first-order chi connectivity index (χ1) is 16.5. The van der Waals surface area contributed by atoms with Crippen molar-refractivity contribution < 1.29 is 9.53 Å². The van der Waals surface area contributed by atoms with Crippen LogP contribution in [0.4, 0.5) is 0 Å². The summed E-state index contributed by atoms with van der Waals surface area (Å²) in [5.74, 6) is 1.08. The van der Waals surface area contributed by atoms with Gasteiger partial charge in [0.05, 0.1) is 13.7 Å². The number of amides is 1. The average molecular weight is 479 g/mol. The van der Waals surface area contributed by atoms with Crippen LogP contribution in [0.2, 0.25) is 5.02 Å². The molecule has 5 rings (SSSR count). The summed E-state index contributed by atoms with van der Waals surface area (Å²) in [6.07, 6.45) is 1.62. The standard InChI is InChI=1S/C24H23ClN6O3/c1-34-18-10-8-15(9-11-18)24(33)30-12-4-6-17(13-30)21-26-22-20(23(32)27-21)28-29-31(22)14-16-5-2-3-7-19(16)25/h2-3,5,7-11,17H,4,6,12-14H2,1H3,(H,26,27,32)/t17-/m1/s1. The van der Waals surface area contributed by atoms with E-state index in [0.29, 0.717) is 47.4 Å². The molecule has 0 unspecified atom stereocenters. The minimum atomic E-state index is -0.344. The van der Waals surface area contributed by atoms with Crippen molar-refractivity contribution in [2.75, 3.05) is 20.2 Å². The second-order valence-electron chi connectivity index (χ2n) is 8.28. The zero-order chi connectivity index (χ0) is 23.7. The maximum Gasteiger partial charge on any atom is 0.281 e. The number of rotatable bonds is 5. The monoisotopic (exact) mass is 478 g/mol. The van der Waals surface area contributed by atoms with Crippen molar-refractivity contribution >= 4 is 28.7 Å². The van der Waals surface area contributed by atoms with Crippen LogP contribution in [0.3, 0.4) is 0 Å². The lowest BCUT2D eigenvalue weighted by Crippen LogP contribution is -2.40. The minimum absolute atomic E-state index is 0.0544. The van der Waals surface area contributed by atoms with E-state index in [1.165, 1.54) is 0 Å². The van der Waals surface area contributed by atoms with E-state index in [-0.39, 0.29) is 22.9 Å². The Bertz CT molecular complexity index is 1400. The van der Waals surface area contributed by atoms with Crippen LogP contribution >= 0.6 is 11.6 Å². The highest BCUT2D eigenvalue weighted by Gasteiger charge is 2.28. The average Bonchev–Trinajstić information content (AvgIpc) is 3.28. The van der Waals surface area contributed by atoms with E-state index in [4.69, 9.17) is 21.3 Å². The van der Waals surface area contributed by atoms with Gasteiger partial charge < -0.3 is 14.6 Å². The molecular weight excluding hydrogens is 456 g/mol. The SMILES string of the molecule is COc1ccc(C(=O)N2CCC[C@@H](c3nc4c(nnn4Cc4ccccc4Cl)c(=O)[nH]3)C2)cc1. The number of piperidine rings is 1. The van der Waals surface area contributed by atoms with Gasteiger partial charge in [0, 0.05) is 29.6 Å². The first-order valence-electron chi connectivity index (χ1n) is 11.0. The van der Waals surface area contributed by atoms with Crippen LogP contribution in [0.25, 0.3) is 11.2 Å². The molecule has 174 valence electrons. The molecule has 1 saturated heterocycles. The topological polar surface area (TPSA) is 106 Å². The van der Waals surface area contributed by atoms with Crippen LogP contribution < -0.4 is 10.3 Å². The van der Waals surface area contributed by atoms with Crippen molar-refractivity contribution in [3.8, 4) is 5.75 Å². The second-order valence-corrected chi connectivity index (χ2v) is 8.69. The maximum absolute atomic E-state index is 13.1. The Balaban J connectivity index is 1.41. The van der Waals surface area contributed by atoms with Gasteiger partial charge in [0.15, 0.2) is 11.2 Å². The third kappa shape index (κ3) is 4.26. The minimum Gasteiger partial charge on any atom is -0.497 e. The lowest BCUT2D eigenvalue weighted by molar-refractivity contribution is 0.0704. The number of benzene rings is 2. The molecule has 10 heteroatoms. The number of nitrogens with zero attached hydrogens (tertiary/aromatic N) is 5. The number of hydrogen-bond donors (Lipinski definition) is 1. The smallest absolute Gasteiger partial charge is 0.281 e. The fourth-order valence-corrected chi connectivity index (χ4v) is 4.47. The molecule has 1 amide bonds. The predicted octanol–water partition coefficient (Wildman–Crippen LogP) is 3.24. The maximum atomic E-state index is 13.1. The summed E-state index contributed by atoms with van der Waals surface area (Å²) >= 11 is 6.30. The molecule has 0 bridgehead atoms. The molecule has 1 aliphatic heterocycles. The fourth-order valence-electron chi connectivity index (χ4n) is 4.27. The Morgan fingerprint density at radius 3 is 2.76 bits per heavy atom. The zero-order valence-electron chi connectivity index (χ0n) is 18.6. The lowest BCUT2D eigenvalue weighted by Gasteiger charge is -2.32. The number of hydrogen-bond acceptors (Lipinski definition) is 6. The Morgan fingerprint density at radius 2 is 2.00 bits per heavy atom. The summed E-state index contributed by atoms with van der Waals surface area (Å²) in [4.78, 5) is 35.2. The number of carbonyl (C=O) groups excluding carboxylic acids is 1. The quantitative estimate of drug-likeness (QED) is 0.472. The fraction of sp³-hybridized carbons (Fsp3) is 0.292. The van der Waals surface area contributed by atoms with Gasteiger partial charge in [-0.1, -0.05) is 35.0 Å². The van der Waals surface area contributed by atoms with Gasteiger partial charge in [0.25, 0.3) is 11.5 Å². The van der Waals surface area contributed by atoms with Gasteiger partial charge in [-0.05, 0) is 48.7 Å². The molecule has 0 saturated carbocycles. The number of H-pyrrole nitrogens is 1. The molecule has 2 aromatic carbocycles. The summed E-state index contributed by atoms with van der Waals surface area (Å²) in [7, 11) is 1.59. The van der Waals surface area contributed by atoms with E-state index in [0.717, 1.165) is 18.4 Å². The molecule has 2 aromatic heterocycles. The molecule has 9 nitrogen and oxygen atoms in total. The van der Waals surface area contributed by atoms with Crippen LogP contribution in [0.1, 0.15) is 40.5 Å². The normalized spacial score (nSPS) is 16.1. The number of carbonyl (C=O) groups is 1. The number of halogens is 1. The zero-order valence-corrected chi connectivity index (χ0v) is 19.3. The van der Waals surface area contributed by atoms with Gasteiger partial charge in [0.1, 0.15) is 11.6 Å². The summed E-state index contributed by atoms with van der Waals surface area (Å²) < 4.78 is 6.76. The van der Waals surface area contributed by atoms with Crippen LogP contribution in [0.5, 0.6) is 5.75 Å². The highest BCUT2D eigenvalue weighted by Crippen LogP contribution is 2.26. The highest BCUT2D eigenvalue weighted by atomic mass is 35.5. The second kappa shape index (κ2) is 9.26. The van der Waals surface area contributed by atoms with Crippen molar-refractivity contribution in [3.63, 3.8) is 0 Å². The van der Waals surface area contributed by atoms with Gasteiger partial charge in [0.2, 0.25) is 0 Å². The largest absolute Gasteiger partial charge is 0.497 e.